The highest BCUT2D eigenvalue weighted by atomic mass is 35.5. The number of carbonyl (C=O) groups is 1. The SMILES string of the molecule is CC(C)CNC(=O)C1CCN(S(=O)(=O)c2ccc(Cl)cc2)CC1. The quantitative estimate of drug-likeness (QED) is 0.879. The van der Waals surface area contributed by atoms with Gasteiger partial charge in [0.15, 0.2) is 0 Å². The Morgan fingerprint density at radius 1 is 1.26 bits per heavy atom. The third-order valence-electron chi connectivity index (χ3n) is 3.96. The minimum absolute atomic E-state index is 0.0299. The van der Waals surface area contributed by atoms with E-state index in [4.69, 9.17) is 11.6 Å². The summed E-state index contributed by atoms with van der Waals surface area (Å²) in [4.78, 5) is 12.3. The van der Waals surface area contributed by atoms with Crippen molar-refractivity contribution in [2.45, 2.75) is 31.6 Å². The number of amides is 1. The first-order valence-corrected chi connectivity index (χ1v) is 9.66. The van der Waals surface area contributed by atoms with Crippen molar-refractivity contribution in [3.8, 4) is 0 Å². The minimum atomic E-state index is -3.51. The molecule has 1 heterocycles. The lowest BCUT2D eigenvalue weighted by Gasteiger charge is -2.30. The summed E-state index contributed by atoms with van der Waals surface area (Å²) in [5.41, 5.74) is 0. The van der Waals surface area contributed by atoms with Gasteiger partial charge in [0.1, 0.15) is 0 Å². The Morgan fingerprint density at radius 3 is 2.35 bits per heavy atom. The van der Waals surface area contributed by atoms with Crippen LogP contribution in [0.15, 0.2) is 29.2 Å². The van der Waals surface area contributed by atoms with Gasteiger partial charge in [-0.3, -0.25) is 4.79 Å². The topological polar surface area (TPSA) is 66.5 Å². The van der Waals surface area contributed by atoms with Crippen LogP contribution in [-0.2, 0) is 14.8 Å². The lowest BCUT2D eigenvalue weighted by atomic mass is 9.97. The van der Waals surface area contributed by atoms with Crippen LogP contribution in [0.3, 0.4) is 0 Å². The van der Waals surface area contributed by atoms with E-state index in [0.717, 1.165) is 0 Å². The molecule has 128 valence electrons. The highest BCUT2D eigenvalue weighted by Gasteiger charge is 2.31. The maximum absolute atomic E-state index is 12.6. The first kappa shape index (κ1) is 18.2. The lowest BCUT2D eigenvalue weighted by Crippen LogP contribution is -2.43. The molecule has 0 spiro atoms. The third-order valence-corrected chi connectivity index (χ3v) is 6.13. The van der Waals surface area contributed by atoms with Gasteiger partial charge in [0.05, 0.1) is 4.90 Å². The molecular formula is C16H23ClN2O3S. The van der Waals surface area contributed by atoms with E-state index in [1.165, 1.54) is 16.4 Å². The maximum atomic E-state index is 12.6. The smallest absolute Gasteiger partial charge is 0.243 e. The van der Waals surface area contributed by atoms with Crippen LogP contribution in [0, 0.1) is 11.8 Å². The number of carbonyl (C=O) groups excluding carboxylic acids is 1. The standard InChI is InChI=1S/C16H23ClN2O3S/c1-12(2)11-18-16(20)13-7-9-19(10-8-13)23(21,22)15-5-3-14(17)4-6-15/h3-6,12-13H,7-11H2,1-2H3,(H,18,20). The van der Waals surface area contributed by atoms with Crippen molar-refractivity contribution < 1.29 is 13.2 Å². The maximum Gasteiger partial charge on any atom is 0.243 e. The molecule has 7 heteroatoms. The Kier molecular flexibility index (Phi) is 6.06. The van der Waals surface area contributed by atoms with Crippen molar-refractivity contribution in [2.75, 3.05) is 19.6 Å². The summed E-state index contributed by atoms with van der Waals surface area (Å²) < 4.78 is 26.6. The summed E-state index contributed by atoms with van der Waals surface area (Å²) >= 11 is 5.80. The van der Waals surface area contributed by atoms with Crippen LogP contribution in [-0.4, -0.2) is 38.3 Å². The molecule has 23 heavy (non-hydrogen) atoms. The monoisotopic (exact) mass is 358 g/mol. The lowest BCUT2D eigenvalue weighted by molar-refractivity contribution is -0.126. The molecule has 0 saturated carbocycles. The van der Waals surface area contributed by atoms with Gasteiger partial charge in [-0.05, 0) is 43.0 Å². The molecule has 0 bridgehead atoms. The summed E-state index contributed by atoms with van der Waals surface area (Å²) in [5.74, 6) is 0.331. The van der Waals surface area contributed by atoms with Gasteiger partial charge in [-0.2, -0.15) is 4.31 Å². The van der Waals surface area contributed by atoms with E-state index < -0.39 is 10.0 Å². The molecule has 1 aliphatic heterocycles. The summed E-state index contributed by atoms with van der Waals surface area (Å²) in [5, 5.41) is 3.43. The van der Waals surface area contributed by atoms with Gasteiger partial charge in [0.2, 0.25) is 15.9 Å². The first-order valence-electron chi connectivity index (χ1n) is 7.84. The summed E-state index contributed by atoms with van der Waals surface area (Å²) in [6.45, 7) is 5.47. The molecule has 1 aromatic rings. The Hall–Kier alpha value is -1.11. The van der Waals surface area contributed by atoms with Crippen LogP contribution < -0.4 is 5.32 Å². The average molecular weight is 359 g/mol. The van der Waals surface area contributed by atoms with Crippen molar-refractivity contribution >= 4 is 27.5 Å². The average Bonchev–Trinajstić information content (AvgIpc) is 2.53. The molecule has 0 atom stereocenters. The predicted octanol–water partition coefficient (Wildman–Crippen LogP) is 2.51. The van der Waals surface area contributed by atoms with Gasteiger partial charge >= 0.3 is 0 Å². The van der Waals surface area contributed by atoms with E-state index in [9.17, 15) is 13.2 Å². The fourth-order valence-corrected chi connectivity index (χ4v) is 4.16. The van der Waals surface area contributed by atoms with E-state index in [1.54, 1.807) is 12.1 Å². The zero-order chi connectivity index (χ0) is 17.0. The molecule has 1 fully saturated rings. The van der Waals surface area contributed by atoms with Crippen molar-refractivity contribution in [1.29, 1.82) is 0 Å². The van der Waals surface area contributed by atoms with Crippen molar-refractivity contribution in [1.82, 2.24) is 9.62 Å². The Morgan fingerprint density at radius 2 is 1.83 bits per heavy atom. The third kappa shape index (κ3) is 4.68. The number of hydrogen-bond acceptors (Lipinski definition) is 3. The number of nitrogens with one attached hydrogen (secondary N) is 1. The van der Waals surface area contributed by atoms with Gasteiger partial charge < -0.3 is 5.32 Å². The van der Waals surface area contributed by atoms with E-state index in [0.29, 0.717) is 43.4 Å². The van der Waals surface area contributed by atoms with Crippen LogP contribution in [0.4, 0.5) is 0 Å². The van der Waals surface area contributed by atoms with E-state index in [2.05, 4.69) is 5.32 Å². The zero-order valence-electron chi connectivity index (χ0n) is 13.5. The summed E-state index contributed by atoms with van der Waals surface area (Å²) in [7, 11) is -3.51. The second-order valence-electron chi connectivity index (χ2n) is 6.27. The molecule has 1 aromatic carbocycles. The van der Waals surface area contributed by atoms with Crippen LogP contribution in [0.25, 0.3) is 0 Å². The fraction of sp³-hybridized carbons (Fsp3) is 0.562. The number of hydrogen-bond donors (Lipinski definition) is 1. The molecular weight excluding hydrogens is 336 g/mol. The van der Waals surface area contributed by atoms with E-state index in [-0.39, 0.29) is 16.7 Å². The van der Waals surface area contributed by atoms with Crippen molar-refractivity contribution in [2.24, 2.45) is 11.8 Å². The molecule has 5 nitrogen and oxygen atoms in total. The molecule has 0 unspecified atom stereocenters. The molecule has 1 amide bonds. The Labute approximate surface area is 143 Å². The van der Waals surface area contributed by atoms with E-state index in [1.807, 2.05) is 13.8 Å². The fourth-order valence-electron chi connectivity index (χ4n) is 2.56. The zero-order valence-corrected chi connectivity index (χ0v) is 15.0. The predicted molar refractivity (Wildman–Crippen MR) is 90.8 cm³/mol. The largest absolute Gasteiger partial charge is 0.356 e. The second kappa shape index (κ2) is 7.64. The number of nitrogens with zero attached hydrogens (tertiary/aromatic N) is 1. The number of benzene rings is 1. The first-order chi connectivity index (χ1) is 10.8. The molecule has 1 N–H and O–H groups in total. The number of rotatable bonds is 5. The summed E-state index contributed by atoms with van der Waals surface area (Å²) in [6.07, 6.45) is 1.10. The normalized spacial score (nSPS) is 17.4. The van der Waals surface area contributed by atoms with Crippen LogP contribution >= 0.6 is 11.6 Å². The van der Waals surface area contributed by atoms with Crippen LogP contribution in [0.5, 0.6) is 0 Å². The number of halogens is 1. The Bertz CT molecular complexity index is 636. The molecule has 0 aliphatic carbocycles. The van der Waals surface area contributed by atoms with Crippen LogP contribution in [0.1, 0.15) is 26.7 Å². The Balaban J connectivity index is 1.95. The van der Waals surface area contributed by atoms with Gasteiger partial charge in [-0.15, -0.1) is 0 Å². The van der Waals surface area contributed by atoms with Gasteiger partial charge in [-0.25, -0.2) is 8.42 Å². The molecule has 0 aromatic heterocycles. The van der Waals surface area contributed by atoms with Crippen LogP contribution in [0.2, 0.25) is 5.02 Å². The second-order valence-corrected chi connectivity index (χ2v) is 8.65. The number of sulfonamides is 1. The molecule has 1 saturated heterocycles. The van der Waals surface area contributed by atoms with Crippen molar-refractivity contribution in [3.05, 3.63) is 29.3 Å². The molecule has 0 radical (unpaired) electrons. The van der Waals surface area contributed by atoms with Gasteiger partial charge in [-0.1, -0.05) is 25.4 Å². The number of piperidine rings is 1. The van der Waals surface area contributed by atoms with E-state index >= 15 is 0 Å². The molecule has 2 rings (SSSR count). The van der Waals surface area contributed by atoms with Gasteiger partial charge in [0, 0.05) is 30.6 Å². The minimum Gasteiger partial charge on any atom is -0.356 e. The molecule has 1 aliphatic rings. The van der Waals surface area contributed by atoms with Crippen molar-refractivity contribution in [3.63, 3.8) is 0 Å². The highest BCUT2D eigenvalue weighted by molar-refractivity contribution is 7.89. The van der Waals surface area contributed by atoms with Gasteiger partial charge in [0.25, 0.3) is 0 Å². The highest BCUT2D eigenvalue weighted by Crippen LogP contribution is 2.24. The summed E-state index contributed by atoms with van der Waals surface area (Å²) in [6, 6.07) is 6.17.